The largest absolute Gasteiger partial charge is 0.494 e. The second kappa shape index (κ2) is 4.19. The molecule has 6 heteroatoms. The summed E-state index contributed by atoms with van der Waals surface area (Å²) in [6.07, 6.45) is -0.221. The van der Waals surface area contributed by atoms with Gasteiger partial charge in [0, 0.05) is 24.1 Å². The zero-order chi connectivity index (χ0) is 10.7. The summed E-state index contributed by atoms with van der Waals surface area (Å²) in [4.78, 5) is 21.7. The van der Waals surface area contributed by atoms with Gasteiger partial charge in [-0.25, -0.2) is 3.97 Å². The van der Waals surface area contributed by atoms with Gasteiger partial charge in [0.05, 0.1) is 6.42 Å². The van der Waals surface area contributed by atoms with Crippen LogP contribution in [0.3, 0.4) is 0 Å². The third-order valence-corrected chi connectivity index (χ3v) is 2.29. The standard InChI is InChI=1S/C8H9NO4S/c1-5(10)4-8(13)14-9-6(11)2-3-7(9)12/h2-3,11-12H,4H2,1H3. The van der Waals surface area contributed by atoms with Gasteiger partial charge >= 0.3 is 0 Å². The predicted octanol–water partition coefficient (Wildman–Crippen LogP) is 0.901. The third-order valence-electron chi connectivity index (χ3n) is 1.38. The molecule has 0 saturated carbocycles. The molecule has 1 heterocycles. The van der Waals surface area contributed by atoms with E-state index in [9.17, 15) is 9.59 Å². The van der Waals surface area contributed by atoms with Crippen LogP contribution in [-0.2, 0) is 9.59 Å². The Labute approximate surface area is 84.5 Å². The summed E-state index contributed by atoms with van der Waals surface area (Å²) in [5, 5.41) is 17.9. The van der Waals surface area contributed by atoms with E-state index in [2.05, 4.69) is 0 Å². The van der Waals surface area contributed by atoms with E-state index in [-0.39, 0.29) is 24.0 Å². The highest BCUT2D eigenvalue weighted by Crippen LogP contribution is 2.28. The molecule has 0 unspecified atom stereocenters. The molecular weight excluding hydrogens is 206 g/mol. The van der Waals surface area contributed by atoms with Crippen molar-refractivity contribution < 1.29 is 19.8 Å². The molecule has 0 radical (unpaired) electrons. The van der Waals surface area contributed by atoms with Crippen molar-refractivity contribution in [1.29, 1.82) is 0 Å². The first-order valence-electron chi connectivity index (χ1n) is 3.81. The van der Waals surface area contributed by atoms with E-state index in [4.69, 9.17) is 10.2 Å². The number of ketones is 1. The fraction of sp³-hybridized carbons (Fsp3) is 0.250. The minimum atomic E-state index is -0.431. The smallest absolute Gasteiger partial charge is 0.217 e. The number of carbonyl (C=O) groups is 2. The molecular formula is C8H9NO4S. The quantitative estimate of drug-likeness (QED) is 0.732. The lowest BCUT2D eigenvalue weighted by atomic mass is 10.3. The zero-order valence-corrected chi connectivity index (χ0v) is 8.24. The van der Waals surface area contributed by atoms with Crippen molar-refractivity contribution in [3.63, 3.8) is 0 Å². The van der Waals surface area contributed by atoms with Crippen LogP contribution in [0.4, 0.5) is 0 Å². The average Bonchev–Trinajstić information content (AvgIpc) is 2.34. The van der Waals surface area contributed by atoms with Gasteiger partial charge in [0.2, 0.25) is 16.9 Å². The van der Waals surface area contributed by atoms with Crippen molar-refractivity contribution in [2.24, 2.45) is 0 Å². The molecule has 1 aromatic heterocycles. The molecule has 0 amide bonds. The van der Waals surface area contributed by atoms with Crippen LogP contribution in [0.25, 0.3) is 0 Å². The highest BCUT2D eigenvalue weighted by Gasteiger charge is 2.13. The highest BCUT2D eigenvalue weighted by molar-refractivity contribution is 8.12. The van der Waals surface area contributed by atoms with Crippen LogP contribution in [0.2, 0.25) is 0 Å². The lowest BCUT2D eigenvalue weighted by Gasteiger charge is -2.02. The first kappa shape index (κ1) is 10.6. The molecule has 14 heavy (non-hydrogen) atoms. The van der Waals surface area contributed by atoms with E-state index in [0.29, 0.717) is 11.9 Å². The molecule has 0 aromatic carbocycles. The van der Waals surface area contributed by atoms with Gasteiger partial charge in [-0.15, -0.1) is 0 Å². The number of hydrogen-bond donors (Lipinski definition) is 2. The molecule has 0 aliphatic rings. The summed E-state index contributed by atoms with van der Waals surface area (Å²) in [5.41, 5.74) is 0. The Kier molecular flexibility index (Phi) is 3.19. The van der Waals surface area contributed by atoms with Crippen LogP contribution in [0, 0.1) is 0 Å². The Hall–Kier alpha value is -1.43. The topological polar surface area (TPSA) is 79.5 Å². The van der Waals surface area contributed by atoms with Crippen molar-refractivity contribution in [3.05, 3.63) is 12.1 Å². The number of Topliss-reactive ketones (excluding diaryl/α,β-unsaturated/α-hetero) is 1. The molecule has 0 saturated heterocycles. The van der Waals surface area contributed by atoms with Crippen molar-refractivity contribution in [3.8, 4) is 11.8 Å². The van der Waals surface area contributed by atoms with Crippen LogP contribution >= 0.6 is 11.9 Å². The minimum Gasteiger partial charge on any atom is -0.494 e. The Morgan fingerprint density at radius 2 is 1.86 bits per heavy atom. The fourth-order valence-electron chi connectivity index (χ4n) is 0.833. The molecule has 0 bridgehead atoms. The Bertz CT molecular complexity index is 352. The van der Waals surface area contributed by atoms with E-state index in [1.54, 1.807) is 0 Å². The number of aromatic hydroxyl groups is 2. The molecule has 1 aromatic rings. The maximum atomic E-state index is 11.1. The summed E-state index contributed by atoms with van der Waals surface area (Å²) in [7, 11) is 0. The first-order valence-corrected chi connectivity index (χ1v) is 4.58. The molecule has 0 aliphatic carbocycles. The van der Waals surface area contributed by atoms with Crippen LogP contribution in [-0.4, -0.2) is 25.1 Å². The fourth-order valence-corrected chi connectivity index (χ4v) is 1.61. The molecule has 0 atom stereocenters. The van der Waals surface area contributed by atoms with Crippen LogP contribution in [0.5, 0.6) is 11.8 Å². The lowest BCUT2D eigenvalue weighted by Crippen LogP contribution is -2.02. The Morgan fingerprint density at radius 1 is 1.36 bits per heavy atom. The second-order valence-corrected chi connectivity index (χ2v) is 3.69. The summed E-state index contributed by atoms with van der Waals surface area (Å²) in [6, 6.07) is 2.51. The number of hydrogen-bond acceptors (Lipinski definition) is 5. The van der Waals surface area contributed by atoms with Gasteiger partial charge in [-0.05, 0) is 6.92 Å². The molecule has 5 nitrogen and oxygen atoms in total. The van der Waals surface area contributed by atoms with E-state index in [0.717, 1.165) is 3.97 Å². The van der Waals surface area contributed by atoms with Gasteiger partial charge in [-0.3, -0.25) is 9.59 Å². The lowest BCUT2D eigenvalue weighted by molar-refractivity contribution is -0.121. The van der Waals surface area contributed by atoms with E-state index in [1.807, 2.05) is 0 Å². The molecule has 0 fully saturated rings. The number of nitrogens with zero attached hydrogens (tertiary/aromatic N) is 1. The molecule has 0 aliphatic heterocycles. The first-order chi connectivity index (χ1) is 6.50. The number of aromatic nitrogens is 1. The SMILES string of the molecule is CC(=O)CC(=O)Sn1c(O)ccc1O. The van der Waals surface area contributed by atoms with Gasteiger partial charge in [-0.2, -0.15) is 0 Å². The second-order valence-electron chi connectivity index (χ2n) is 2.69. The van der Waals surface area contributed by atoms with Crippen molar-refractivity contribution in [1.82, 2.24) is 3.97 Å². The van der Waals surface area contributed by atoms with Gasteiger partial charge in [-0.1, -0.05) is 0 Å². The predicted molar refractivity (Wildman–Crippen MR) is 51.1 cm³/mol. The van der Waals surface area contributed by atoms with Crippen LogP contribution in [0.1, 0.15) is 13.3 Å². The van der Waals surface area contributed by atoms with Gasteiger partial charge in [0.1, 0.15) is 5.78 Å². The van der Waals surface area contributed by atoms with Gasteiger partial charge in [0.25, 0.3) is 0 Å². The monoisotopic (exact) mass is 215 g/mol. The average molecular weight is 215 g/mol. The van der Waals surface area contributed by atoms with Gasteiger partial charge < -0.3 is 10.2 Å². The summed E-state index contributed by atoms with van der Waals surface area (Å²) in [6.45, 7) is 1.30. The number of carbonyl (C=O) groups excluding carboxylic acids is 2. The molecule has 1 rings (SSSR count). The zero-order valence-electron chi connectivity index (χ0n) is 7.43. The maximum absolute atomic E-state index is 11.1. The van der Waals surface area contributed by atoms with Gasteiger partial charge in [0.15, 0.2) is 0 Å². The van der Waals surface area contributed by atoms with Crippen molar-refractivity contribution >= 4 is 22.8 Å². The van der Waals surface area contributed by atoms with Crippen molar-refractivity contribution in [2.75, 3.05) is 0 Å². The molecule has 76 valence electrons. The normalized spacial score (nSPS) is 10.1. The maximum Gasteiger partial charge on any atom is 0.217 e. The number of rotatable bonds is 3. The summed E-state index contributed by atoms with van der Waals surface area (Å²) < 4.78 is 0.950. The Morgan fingerprint density at radius 3 is 2.29 bits per heavy atom. The van der Waals surface area contributed by atoms with Crippen LogP contribution < -0.4 is 0 Å². The summed E-state index contributed by atoms with van der Waals surface area (Å²) in [5.74, 6) is -0.720. The van der Waals surface area contributed by atoms with E-state index < -0.39 is 5.12 Å². The third kappa shape index (κ3) is 2.53. The van der Waals surface area contributed by atoms with E-state index in [1.165, 1.54) is 19.1 Å². The molecule has 0 spiro atoms. The van der Waals surface area contributed by atoms with Crippen molar-refractivity contribution in [2.45, 2.75) is 13.3 Å². The highest BCUT2D eigenvalue weighted by atomic mass is 32.2. The Balaban J connectivity index is 2.69. The summed E-state index contributed by atoms with van der Waals surface area (Å²) >= 11 is 0.589. The van der Waals surface area contributed by atoms with Crippen LogP contribution in [0.15, 0.2) is 12.1 Å². The molecule has 2 N–H and O–H groups in total. The minimum absolute atomic E-state index is 0.221. The van der Waals surface area contributed by atoms with E-state index >= 15 is 0 Å².